The lowest BCUT2D eigenvalue weighted by atomic mass is 9.49. The first-order valence-corrected chi connectivity index (χ1v) is 8.84. The molecule has 1 heterocycles. The summed E-state index contributed by atoms with van der Waals surface area (Å²) in [5.74, 6) is 1.09. The highest BCUT2D eigenvalue weighted by Crippen LogP contribution is 2.60. The molecular weight excluding hydrogens is 283 g/mol. The zero-order chi connectivity index (χ0) is 15.3. The minimum atomic E-state index is -0.914. The Morgan fingerprint density at radius 3 is 2.27 bits per heavy atom. The molecule has 0 aromatic rings. The Kier molecular flexibility index (Phi) is 3.42. The minimum absolute atomic E-state index is 0.313. The fourth-order valence-electron chi connectivity index (χ4n) is 5.88. The predicted octanol–water partition coefficient (Wildman–Crippen LogP) is 2.58. The molecule has 1 atom stereocenters. The van der Waals surface area contributed by atoms with Gasteiger partial charge in [0.1, 0.15) is 6.04 Å². The van der Waals surface area contributed by atoms with Crippen molar-refractivity contribution in [3.05, 3.63) is 0 Å². The number of carbonyl (C=O) groups is 2. The molecule has 0 spiro atoms. The third-order valence-corrected chi connectivity index (χ3v) is 6.47. The smallest absolute Gasteiger partial charge is 0.257 e. The van der Waals surface area contributed by atoms with Crippen LogP contribution in [0.5, 0.6) is 0 Å². The van der Waals surface area contributed by atoms with Gasteiger partial charge in [0.05, 0.1) is 5.41 Å². The van der Waals surface area contributed by atoms with Gasteiger partial charge in [0.15, 0.2) is 0 Å². The van der Waals surface area contributed by atoms with Gasteiger partial charge < -0.3 is 5.32 Å². The van der Waals surface area contributed by atoms with E-state index >= 15 is 0 Å². The number of carbonyl (C=O) groups excluding carboxylic acids is 2. The summed E-state index contributed by atoms with van der Waals surface area (Å²) in [6, 6.07) is -0.914. The van der Waals surface area contributed by atoms with Crippen molar-refractivity contribution >= 4 is 11.8 Å². The standard InChI is InChI=1S/C17H25FN2O2/c18-20(14-3-1-2-4-19-15(14)21)16(22)17-8-11-5-12(9-17)7-13(6-11)10-17/h11-14H,1-10H2,(H,19,21)/t11?,12?,13?,14-,17?/m0/s1. The fraction of sp³-hybridized carbons (Fsp3) is 0.882. The Balaban J connectivity index is 1.54. The molecule has 5 rings (SSSR count). The molecule has 0 aromatic heterocycles. The van der Waals surface area contributed by atoms with Crippen LogP contribution in [-0.2, 0) is 9.59 Å². The molecule has 0 unspecified atom stereocenters. The molecule has 22 heavy (non-hydrogen) atoms. The lowest BCUT2D eigenvalue weighted by Crippen LogP contribution is -2.56. The highest BCUT2D eigenvalue weighted by Gasteiger charge is 2.56. The molecule has 4 saturated carbocycles. The summed E-state index contributed by atoms with van der Waals surface area (Å²) >= 11 is 0. The Hall–Kier alpha value is -1.13. The van der Waals surface area contributed by atoms with E-state index in [2.05, 4.69) is 5.32 Å². The third-order valence-electron chi connectivity index (χ3n) is 6.47. The molecular formula is C17H25FN2O2. The maximum Gasteiger partial charge on any atom is 0.257 e. The van der Waals surface area contributed by atoms with Gasteiger partial charge in [-0.2, -0.15) is 5.12 Å². The van der Waals surface area contributed by atoms with Crippen molar-refractivity contribution in [2.24, 2.45) is 23.2 Å². The van der Waals surface area contributed by atoms with Crippen molar-refractivity contribution in [2.75, 3.05) is 6.54 Å². The molecule has 1 aliphatic heterocycles. The number of halogens is 1. The largest absolute Gasteiger partial charge is 0.354 e. The Morgan fingerprint density at radius 1 is 1.09 bits per heavy atom. The number of hydrogen-bond acceptors (Lipinski definition) is 2. The van der Waals surface area contributed by atoms with Crippen LogP contribution < -0.4 is 5.32 Å². The van der Waals surface area contributed by atoms with Crippen molar-refractivity contribution in [1.82, 2.24) is 10.4 Å². The molecule has 2 amide bonds. The number of amides is 2. The van der Waals surface area contributed by atoms with E-state index in [9.17, 15) is 14.1 Å². The van der Waals surface area contributed by atoms with Crippen LogP contribution in [0.1, 0.15) is 57.8 Å². The molecule has 0 radical (unpaired) electrons. The van der Waals surface area contributed by atoms with E-state index in [1.165, 1.54) is 19.3 Å². The van der Waals surface area contributed by atoms with Crippen molar-refractivity contribution in [2.45, 2.75) is 63.8 Å². The number of nitrogens with zero attached hydrogens (tertiary/aromatic N) is 1. The van der Waals surface area contributed by atoms with Crippen LogP contribution in [0.2, 0.25) is 0 Å². The molecule has 5 aliphatic rings. The second kappa shape index (κ2) is 5.20. The monoisotopic (exact) mass is 308 g/mol. The lowest BCUT2D eigenvalue weighted by Gasteiger charge is -2.56. The van der Waals surface area contributed by atoms with E-state index < -0.39 is 17.4 Å². The molecule has 5 heteroatoms. The van der Waals surface area contributed by atoms with Crippen LogP contribution in [0.4, 0.5) is 4.48 Å². The molecule has 1 saturated heterocycles. The first-order valence-electron chi connectivity index (χ1n) is 8.84. The summed E-state index contributed by atoms with van der Waals surface area (Å²) in [4.78, 5) is 25.0. The Morgan fingerprint density at radius 2 is 1.68 bits per heavy atom. The predicted molar refractivity (Wildman–Crippen MR) is 79.2 cm³/mol. The van der Waals surface area contributed by atoms with Gasteiger partial charge in [-0.25, -0.2) is 0 Å². The number of nitrogens with one attached hydrogen (secondary N) is 1. The molecule has 4 bridgehead atoms. The Bertz CT molecular complexity index is 458. The topological polar surface area (TPSA) is 49.4 Å². The maximum absolute atomic E-state index is 14.8. The summed E-state index contributed by atoms with van der Waals surface area (Å²) in [5, 5.41) is 3.04. The minimum Gasteiger partial charge on any atom is -0.354 e. The van der Waals surface area contributed by atoms with E-state index in [1.54, 1.807) is 0 Å². The second-order valence-corrected chi connectivity index (χ2v) is 8.12. The van der Waals surface area contributed by atoms with Crippen molar-refractivity contribution in [1.29, 1.82) is 0 Å². The molecule has 4 nitrogen and oxygen atoms in total. The second-order valence-electron chi connectivity index (χ2n) is 8.12. The fourth-order valence-corrected chi connectivity index (χ4v) is 5.88. The van der Waals surface area contributed by atoms with Gasteiger partial charge in [-0.3, -0.25) is 9.59 Å². The van der Waals surface area contributed by atoms with Gasteiger partial charge in [0.2, 0.25) is 5.91 Å². The van der Waals surface area contributed by atoms with E-state index in [4.69, 9.17) is 0 Å². The first-order chi connectivity index (χ1) is 10.6. The van der Waals surface area contributed by atoms with Gasteiger partial charge in [0, 0.05) is 6.54 Å². The summed E-state index contributed by atoms with van der Waals surface area (Å²) in [6.07, 6.45) is 8.29. The summed E-state index contributed by atoms with van der Waals surface area (Å²) in [5.41, 5.74) is -0.504. The maximum atomic E-state index is 14.8. The average Bonchev–Trinajstić information content (AvgIpc) is 2.69. The van der Waals surface area contributed by atoms with Gasteiger partial charge in [-0.05, 0) is 75.5 Å². The summed E-state index contributed by atoms with van der Waals surface area (Å²) < 4.78 is 14.8. The normalized spacial score (nSPS) is 43.6. The van der Waals surface area contributed by atoms with Gasteiger partial charge in [0.25, 0.3) is 5.91 Å². The van der Waals surface area contributed by atoms with Crippen LogP contribution in [0.15, 0.2) is 0 Å². The van der Waals surface area contributed by atoms with Gasteiger partial charge in [-0.15, -0.1) is 0 Å². The number of rotatable bonds is 2. The number of hydrogen-bond donors (Lipinski definition) is 1. The summed E-state index contributed by atoms with van der Waals surface area (Å²) in [7, 11) is 0. The highest BCUT2D eigenvalue weighted by molar-refractivity contribution is 5.89. The van der Waals surface area contributed by atoms with E-state index in [-0.39, 0.29) is 5.91 Å². The van der Waals surface area contributed by atoms with Crippen molar-refractivity contribution < 1.29 is 14.1 Å². The SMILES string of the molecule is O=C1NCCCC[C@@H]1N(F)C(=O)C12CC3CC(CC(C3)C1)C2. The van der Waals surface area contributed by atoms with Gasteiger partial charge in [-0.1, -0.05) is 4.48 Å². The molecule has 0 aromatic carbocycles. The average molecular weight is 308 g/mol. The van der Waals surface area contributed by atoms with Crippen molar-refractivity contribution in [3.8, 4) is 0 Å². The zero-order valence-electron chi connectivity index (χ0n) is 13.0. The molecule has 122 valence electrons. The molecule has 5 fully saturated rings. The lowest BCUT2D eigenvalue weighted by molar-refractivity contribution is -0.181. The van der Waals surface area contributed by atoms with E-state index in [0.717, 1.165) is 32.1 Å². The van der Waals surface area contributed by atoms with Crippen molar-refractivity contribution in [3.63, 3.8) is 0 Å². The van der Waals surface area contributed by atoms with Crippen LogP contribution in [0, 0.1) is 23.2 Å². The van der Waals surface area contributed by atoms with Crippen LogP contribution in [0.3, 0.4) is 0 Å². The zero-order valence-corrected chi connectivity index (χ0v) is 13.0. The quantitative estimate of drug-likeness (QED) is 0.797. The summed E-state index contributed by atoms with van der Waals surface area (Å²) in [6.45, 7) is 0.592. The third kappa shape index (κ3) is 2.24. The van der Waals surface area contributed by atoms with Crippen LogP contribution in [-0.4, -0.2) is 29.5 Å². The molecule has 1 N–H and O–H groups in total. The van der Waals surface area contributed by atoms with Gasteiger partial charge >= 0.3 is 0 Å². The van der Waals surface area contributed by atoms with E-state index in [1.807, 2.05) is 0 Å². The highest BCUT2D eigenvalue weighted by atomic mass is 19.2. The first kappa shape index (κ1) is 14.5. The van der Waals surface area contributed by atoms with Crippen LogP contribution in [0.25, 0.3) is 0 Å². The van der Waals surface area contributed by atoms with Crippen LogP contribution >= 0.6 is 0 Å². The Labute approximate surface area is 130 Å². The van der Waals surface area contributed by atoms with E-state index in [0.29, 0.717) is 35.8 Å². The molecule has 4 aliphatic carbocycles.